The normalized spacial score (nSPS) is 22.1. The number of amides is 2. The van der Waals surface area contributed by atoms with Gasteiger partial charge in [0.1, 0.15) is 17.9 Å². The first-order valence-corrected chi connectivity index (χ1v) is 17.5. The zero-order valence-electron chi connectivity index (χ0n) is 29.0. The summed E-state index contributed by atoms with van der Waals surface area (Å²) in [5.74, 6) is 1.79. The van der Waals surface area contributed by atoms with Gasteiger partial charge in [-0.2, -0.15) is 5.10 Å². The molecule has 1 aromatic carbocycles. The van der Waals surface area contributed by atoms with Gasteiger partial charge in [-0.1, -0.05) is 36.4 Å². The molecule has 5 aliphatic rings. The molecule has 13 heteroatoms. The van der Waals surface area contributed by atoms with Gasteiger partial charge in [0.05, 0.1) is 29.9 Å². The van der Waals surface area contributed by atoms with Crippen molar-refractivity contribution in [3.8, 4) is 23.0 Å². The maximum atomic E-state index is 14.1. The third-order valence-corrected chi connectivity index (χ3v) is 10.6. The molecule has 1 spiro atoms. The van der Waals surface area contributed by atoms with E-state index in [4.69, 9.17) is 19.5 Å². The average molecular weight is 686 g/mol. The summed E-state index contributed by atoms with van der Waals surface area (Å²) >= 11 is 0. The van der Waals surface area contributed by atoms with Gasteiger partial charge in [0, 0.05) is 58.2 Å². The lowest BCUT2D eigenvalue weighted by atomic mass is 9.85. The second kappa shape index (κ2) is 11.8. The summed E-state index contributed by atoms with van der Waals surface area (Å²) in [5.41, 5.74) is 5.95. The Morgan fingerprint density at radius 3 is 2.55 bits per heavy atom. The summed E-state index contributed by atoms with van der Waals surface area (Å²) in [6, 6.07) is 15.9. The van der Waals surface area contributed by atoms with Gasteiger partial charge >= 0.3 is 0 Å². The van der Waals surface area contributed by atoms with Gasteiger partial charge in [-0.3, -0.25) is 29.1 Å². The number of ether oxygens (including phenoxy) is 2. The zero-order chi connectivity index (χ0) is 34.9. The number of anilines is 1. The second-order valence-corrected chi connectivity index (χ2v) is 14.5. The summed E-state index contributed by atoms with van der Waals surface area (Å²) in [5, 5.41) is 4.38. The lowest BCUT2D eigenvalue weighted by molar-refractivity contribution is -0.132. The largest absolute Gasteiger partial charge is 0.447 e. The molecule has 0 radical (unpaired) electrons. The number of hydrogen-bond donors (Lipinski definition) is 0. The first kappa shape index (κ1) is 31.5. The van der Waals surface area contributed by atoms with Crippen molar-refractivity contribution in [2.75, 3.05) is 44.2 Å². The smallest absolute Gasteiger partial charge is 0.261 e. The first-order valence-electron chi connectivity index (χ1n) is 17.5. The second-order valence-electron chi connectivity index (χ2n) is 14.5. The van der Waals surface area contributed by atoms with Gasteiger partial charge in [0.2, 0.25) is 17.6 Å². The van der Waals surface area contributed by atoms with Crippen molar-refractivity contribution in [3.05, 3.63) is 83.4 Å². The number of hydrogen-bond acceptors (Lipinski definition) is 10. The minimum Gasteiger partial charge on any atom is -0.447 e. The molecule has 4 aromatic rings. The molecule has 13 nitrogen and oxygen atoms in total. The van der Waals surface area contributed by atoms with Crippen molar-refractivity contribution in [2.45, 2.75) is 45.4 Å². The van der Waals surface area contributed by atoms with E-state index in [0.29, 0.717) is 73.9 Å². The molecule has 3 aromatic heterocycles. The number of aliphatic imine (C=N–C) groups is 1. The quantitative estimate of drug-likeness (QED) is 0.297. The lowest BCUT2D eigenvalue weighted by Gasteiger charge is -2.29. The van der Waals surface area contributed by atoms with Crippen LogP contribution in [0.2, 0.25) is 0 Å². The Morgan fingerprint density at radius 2 is 1.76 bits per heavy atom. The molecule has 0 saturated carbocycles. The van der Waals surface area contributed by atoms with Gasteiger partial charge in [0.25, 0.3) is 5.88 Å². The molecule has 1 atom stereocenters. The number of pyridine rings is 2. The fraction of sp³-hybridized carbons (Fsp3) is 0.395. The van der Waals surface area contributed by atoms with E-state index in [1.807, 2.05) is 67.1 Å². The summed E-state index contributed by atoms with van der Waals surface area (Å²) < 4.78 is 13.4. The van der Waals surface area contributed by atoms with Crippen LogP contribution in [0.1, 0.15) is 55.6 Å². The number of rotatable bonds is 6. The van der Waals surface area contributed by atoms with Crippen LogP contribution in [0.4, 0.5) is 5.82 Å². The molecule has 2 fully saturated rings. The molecule has 2 amide bonds. The minimum absolute atomic E-state index is 0.0835. The van der Waals surface area contributed by atoms with Crippen molar-refractivity contribution in [1.82, 2.24) is 34.5 Å². The van der Waals surface area contributed by atoms with E-state index in [2.05, 4.69) is 38.2 Å². The van der Waals surface area contributed by atoms with Crippen LogP contribution < -0.4 is 14.4 Å². The molecule has 0 aliphatic carbocycles. The Hall–Kier alpha value is -5.43. The highest BCUT2D eigenvalue weighted by molar-refractivity contribution is 6.13. The Bertz CT molecular complexity index is 2140. The fourth-order valence-electron chi connectivity index (χ4n) is 7.90. The first-order chi connectivity index (χ1) is 24.6. The van der Waals surface area contributed by atoms with Crippen LogP contribution in [0.3, 0.4) is 0 Å². The Morgan fingerprint density at radius 1 is 0.941 bits per heavy atom. The number of carbonyl (C=O) groups excluding carboxylic acids is 2. The molecule has 8 heterocycles. The van der Waals surface area contributed by atoms with Crippen LogP contribution in [-0.4, -0.2) is 97.1 Å². The van der Waals surface area contributed by atoms with E-state index >= 15 is 0 Å². The zero-order valence-corrected chi connectivity index (χ0v) is 29.0. The Kier molecular flexibility index (Phi) is 7.32. The third kappa shape index (κ3) is 5.65. The van der Waals surface area contributed by atoms with Gasteiger partial charge in [-0.25, -0.2) is 15.0 Å². The number of carbonyl (C=O) groups is 2. The van der Waals surface area contributed by atoms with Crippen molar-refractivity contribution < 1.29 is 19.1 Å². The molecule has 260 valence electrons. The van der Waals surface area contributed by atoms with Crippen molar-refractivity contribution in [3.63, 3.8) is 0 Å². The fourth-order valence-corrected chi connectivity index (χ4v) is 7.90. The van der Waals surface area contributed by atoms with Crippen molar-refractivity contribution in [2.24, 2.45) is 17.5 Å². The highest BCUT2D eigenvalue weighted by atomic mass is 16.7. The average Bonchev–Trinajstić information content (AvgIpc) is 3.96. The number of likely N-dealkylation sites (tertiary alicyclic amines) is 1. The number of benzene rings is 1. The number of aromatic nitrogens is 5. The maximum absolute atomic E-state index is 14.1. The van der Waals surface area contributed by atoms with E-state index in [0.717, 1.165) is 48.2 Å². The molecule has 0 unspecified atom stereocenters. The van der Waals surface area contributed by atoms with Crippen LogP contribution >= 0.6 is 0 Å². The predicted molar refractivity (Wildman–Crippen MR) is 189 cm³/mol. The standard InChI is InChI=1S/C38H39N9O4/c1-37(2)50-29-10-9-28(41-35(29)51-37)33-32-27(20-39-33)8-11-30(42-32)47-19-15-38(36(47)49)14-18-45(22-38)21-31(48)46-16-12-25(13-17-46)24-4-6-26(7-5-24)34-40-23-44(3)43-34/h4-12,23H,13-22H2,1-3H3/t38-/m0/s1. The van der Waals surface area contributed by atoms with Crippen LogP contribution in [0, 0.1) is 5.41 Å². The Labute approximate surface area is 295 Å². The molecule has 2 saturated heterocycles. The molecular weight excluding hydrogens is 646 g/mol. The molecule has 0 N–H and O–H groups in total. The molecule has 51 heavy (non-hydrogen) atoms. The number of nitrogens with zero attached hydrogens (tertiary/aromatic N) is 9. The number of fused-ring (bicyclic) bond motifs is 2. The topological polar surface area (TPSA) is 131 Å². The summed E-state index contributed by atoms with van der Waals surface area (Å²) in [6.07, 6.45) is 6.12. The highest BCUT2D eigenvalue weighted by Crippen LogP contribution is 2.43. The van der Waals surface area contributed by atoms with E-state index in [1.165, 1.54) is 5.57 Å². The maximum Gasteiger partial charge on any atom is 0.261 e. The van der Waals surface area contributed by atoms with E-state index in [9.17, 15) is 9.59 Å². The number of aryl methyl sites for hydroxylation is 1. The van der Waals surface area contributed by atoms with Gasteiger partial charge in [-0.05, 0) is 55.1 Å². The third-order valence-electron chi connectivity index (χ3n) is 10.6. The molecule has 9 rings (SSSR count). The summed E-state index contributed by atoms with van der Waals surface area (Å²) in [7, 11) is 1.86. The lowest BCUT2D eigenvalue weighted by Crippen LogP contribution is -2.43. The van der Waals surface area contributed by atoms with Crippen molar-refractivity contribution >= 4 is 28.9 Å². The van der Waals surface area contributed by atoms with E-state index in [-0.39, 0.29) is 11.8 Å². The Balaban J connectivity index is 0.825. The van der Waals surface area contributed by atoms with Gasteiger partial charge in [-0.15, -0.1) is 0 Å². The molecule has 0 bridgehead atoms. The predicted octanol–water partition coefficient (Wildman–Crippen LogP) is 3.88. The monoisotopic (exact) mass is 685 g/mol. The summed E-state index contributed by atoms with van der Waals surface area (Å²) in [6.45, 7) is 7.67. The van der Waals surface area contributed by atoms with Crippen LogP contribution in [0.25, 0.3) is 17.0 Å². The van der Waals surface area contributed by atoms with Crippen LogP contribution in [0.15, 0.2) is 65.9 Å². The highest BCUT2D eigenvalue weighted by Gasteiger charge is 2.51. The SMILES string of the molecule is Cn1cnc(-c2ccc(C3=CCN(C(=O)CN4CC[C@]5(CCN(c6ccc7c(n6)C(c6ccc8c(n6)OC(C)(C)O8)=NC7)C5=O)C4)CC3)cc2)n1. The van der Waals surface area contributed by atoms with Gasteiger partial charge < -0.3 is 14.4 Å². The molecular formula is C38H39N9O4. The van der Waals surface area contributed by atoms with Gasteiger partial charge in [0.15, 0.2) is 11.6 Å². The van der Waals surface area contributed by atoms with E-state index < -0.39 is 11.2 Å². The van der Waals surface area contributed by atoms with E-state index in [1.54, 1.807) is 11.0 Å². The summed E-state index contributed by atoms with van der Waals surface area (Å²) in [4.78, 5) is 52.1. The molecule has 5 aliphatic heterocycles. The van der Waals surface area contributed by atoms with Crippen LogP contribution in [-0.2, 0) is 23.2 Å². The van der Waals surface area contributed by atoms with Crippen LogP contribution in [0.5, 0.6) is 11.6 Å². The van der Waals surface area contributed by atoms with Crippen molar-refractivity contribution in [1.29, 1.82) is 0 Å². The minimum atomic E-state index is -0.771.